The Morgan fingerprint density at radius 3 is 1.31 bits per heavy atom. The highest BCUT2D eigenvalue weighted by molar-refractivity contribution is 5.78. The van der Waals surface area contributed by atoms with Crippen LogP contribution in [0.1, 0.15) is 67.3 Å². The van der Waals surface area contributed by atoms with Gasteiger partial charge in [0.15, 0.2) is 0 Å². The fourth-order valence-electron chi connectivity index (χ4n) is 6.58. The van der Waals surface area contributed by atoms with Crippen molar-refractivity contribution in [2.24, 2.45) is 5.73 Å². The Kier molecular flexibility index (Phi) is 17.7. The van der Waals surface area contributed by atoms with E-state index in [9.17, 15) is 23.6 Å². The number of ether oxygens (including phenoxy) is 2. The molecule has 65 heavy (non-hydrogen) atoms. The standard InChI is InChI=1S/C24H30N6O3.C23H26FN5O3/c1-3-17-6-8-18(9-7-17)16-30-23(31)28-22(27-14-4-5-21(25)26)29(24(30)32)15-19-10-12-20(33-2)13-11-19;1-16(25)4-3-13-26-21-27-22(30)29(15-17-5-9-19(24)10-6-17)23(31)28(21)14-18-7-11-20(32-2)12-8-18/h6-13H,3-5,14-16H2,1-2H3,(H3,25,26)(H,27,28,31);5-12,25H,3-4,13-15H2,1-2H3,(H,26,27,30). The van der Waals surface area contributed by atoms with Crippen LogP contribution in [0.25, 0.3) is 0 Å². The fraction of sp³-hybridized carbons (Fsp3) is 0.319. The fourth-order valence-corrected chi connectivity index (χ4v) is 6.58. The molecule has 18 heteroatoms. The largest absolute Gasteiger partial charge is 0.497 e. The number of hydrogen-bond acceptors (Lipinski definition) is 12. The van der Waals surface area contributed by atoms with Gasteiger partial charge in [0.2, 0.25) is 11.9 Å². The summed E-state index contributed by atoms with van der Waals surface area (Å²) in [4.78, 5) is 60.3. The highest BCUT2D eigenvalue weighted by Crippen LogP contribution is 2.15. The first-order valence-corrected chi connectivity index (χ1v) is 21.1. The number of nitrogens with zero attached hydrogens (tertiary/aromatic N) is 6. The van der Waals surface area contributed by atoms with Crippen molar-refractivity contribution in [1.82, 2.24) is 28.2 Å². The van der Waals surface area contributed by atoms with Crippen molar-refractivity contribution in [2.45, 2.75) is 72.1 Å². The van der Waals surface area contributed by atoms with Crippen LogP contribution < -0.4 is 48.6 Å². The second-order valence-corrected chi connectivity index (χ2v) is 15.2. The number of benzene rings is 4. The third-order valence-corrected chi connectivity index (χ3v) is 10.2. The summed E-state index contributed by atoms with van der Waals surface area (Å²) in [5, 5.41) is 21.0. The van der Waals surface area contributed by atoms with Gasteiger partial charge in [-0.05, 0) is 96.8 Å². The second kappa shape index (κ2) is 23.7. The molecular weight excluding hydrogens is 834 g/mol. The molecule has 2 heterocycles. The van der Waals surface area contributed by atoms with Crippen LogP contribution >= 0.6 is 0 Å². The van der Waals surface area contributed by atoms with Crippen molar-refractivity contribution in [2.75, 3.05) is 37.9 Å². The Labute approximate surface area is 375 Å². The third kappa shape index (κ3) is 14.2. The summed E-state index contributed by atoms with van der Waals surface area (Å²) >= 11 is 0. The molecule has 4 aromatic carbocycles. The van der Waals surface area contributed by atoms with Gasteiger partial charge >= 0.3 is 22.8 Å². The Balaban J connectivity index is 0.000000244. The summed E-state index contributed by atoms with van der Waals surface area (Å²) in [5.74, 6) is 1.48. The van der Waals surface area contributed by atoms with E-state index in [0.29, 0.717) is 61.5 Å². The summed E-state index contributed by atoms with van der Waals surface area (Å²) < 4.78 is 28.6. The molecule has 0 amide bonds. The van der Waals surface area contributed by atoms with E-state index in [-0.39, 0.29) is 43.9 Å². The van der Waals surface area contributed by atoms with E-state index in [1.54, 1.807) is 33.3 Å². The smallest absolute Gasteiger partial charge is 0.355 e. The van der Waals surface area contributed by atoms with E-state index < -0.39 is 28.6 Å². The SMILES string of the molecule is CCc1ccc(Cn2c(=O)nc(NCCCC(=N)N)n(Cc3ccc(OC)cc3)c2=O)cc1.COc1ccc(Cn2c(NCCCC(C)=N)nc(=O)n(Cc3ccc(F)cc3)c2=O)cc1. The monoisotopic (exact) mass is 889 g/mol. The van der Waals surface area contributed by atoms with Gasteiger partial charge in [-0.3, -0.25) is 14.5 Å². The average Bonchev–Trinajstić information content (AvgIpc) is 3.30. The normalized spacial score (nSPS) is 10.7. The highest BCUT2D eigenvalue weighted by Gasteiger charge is 2.16. The van der Waals surface area contributed by atoms with Gasteiger partial charge in [-0.2, -0.15) is 9.97 Å². The van der Waals surface area contributed by atoms with Crippen molar-refractivity contribution in [3.05, 3.63) is 173 Å². The number of nitrogens with two attached hydrogens (primary N) is 1. The van der Waals surface area contributed by atoms with Gasteiger partial charge < -0.3 is 31.3 Å². The molecule has 0 spiro atoms. The maximum Gasteiger partial charge on any atom is 0.355 e. The first kappa shape index (κ1) is 48.4. The lowest BCUT2D eigenvalue weighted by molar-refractivity contribution is 0.414. The minimum atomic E-state index is -0.684. The van der Waals surface area contributed by atoms with Gasteiger partial charge in [-0.1, -0.05) is 67.6 Å². The Morgan fingerprint density at radius 2 is 0.938 bits per heavy atom. The first-order chi connectivity index (χ1) is 31.3. The van der Waals surface area contributed by atoms with Gasteiger partial charge in [-0.25, -0.2) is 32.7 Å². The predicted octanol–water partition coefficient (Wildman–Crippen LogP) is 5.08. The third-order valence-electron chi connectivity index (χ3n) is 10.2. The van der Waals surface area contributed by atoms with E-state index in [0.717, 1.165) is 32.2 Å². The second-order valence-electron chi connectivity index (χ2n) is 15.2. The molecule has 6 rings (SSSR count). The molecule has 0 aliphatic heterocycles. The van der Waals surface area contributed by atoms with Crippen LogP contribution in [0.4, 0.5) is 16.3 Å². The van der Waals surface area contributed by atoms with Crippen LogP contribution in [-0.2, 0) is 32.6 Å². The summed E-state index contributed by atoms with van der Waals surface area (Å²) in [7, 11) is 3.17. The lowest BCUT2D eigenvalue weighted by atomic mass is 10.1. The summed E-state index contributed by atoms with van der Waals surface area (Å²) in [6.45, 7) is 5.26. The topological polar surface area (TPSA) is 230 Å². The molecule has 0 aliphatic carbocycles. The molecule has 6 N–H and O–H groups in total. The van der Waals surface area contributed by atoms with Crippen LogP contribution in [-0.4, -0.2) is 67.1 Å². The van der Waals surface area contributed by atoms with E-state index >= 15 is 0 Å². The van der Waals surface area contributed by atoms with Crippen LogP contribution in [0.3, 0.4) is 0 Å². The maximum atomic E-state index is 13.4. The molecule has 2 aromatic heterocycles. The van der Waals surface area contributed by atoms with Crippen LogP contribution in [0, 0.1) is 16.6 Å². The van der Waals surface area contributed by atoms with E-state index in [2.05, 4.69) is 27.5 Å². The molecule has 0 saturated carbocycles. The Morgan fingerprint density at radius 1 is 0.585 bits per heavy atom. The van der Waals surface area contributed by atoms with Gasteiger partial charge in [0.05, 0.1) is 46.2 Å². The molecule has 6 aromatic rings. The molecule has 0 atom stereocenters. The number of hydrogen-bond donors (Lipinski definition) is 5. The highest BCUT2D eigenvalue weighted by atomic mass is 19.1. The molecule has 0 bridgehead atoms. The molecule has 0 fully saturated rings. The van der Waals surface area contributed by atoms with Crippen molar-refractivity contribution < 1.29 is 13.9 Å². The minimum Gasteiger partial charge on any atom is -0.497 e. The molecule has 0 unspecified atom stereocenters. The molecule has 0 aliphatic rings. The van der Waals surface area contributed by atoms with Crippen molar-refractivity contribution >= 4 is 23.4 Å². The zero-order valence-corrected chi connectivity index (χ0v) is 37.1. The van der Waals surface area contributed by atoms with E-state index in [4.69, 9.17) is 26.0 Å². The lowest BCUT2D eigenvalue weighted by Crippen LogP contribution is -2.43. The van der Waals surface area contributed by atoms with E-state index in [1.165, 1.54) is 39.0 Å². The van der Waals surface area contributed by atoms with Gasteiger partial charge in [0.1, 0.15) is 17.3 Å². The average molecular weight is 890 g/mol. The van der Waals surface area contributed by atoms with E-state index in [1.807, 2.05) is 60.7 Å². The zero-order valence-electron chi connectivity index (χ0n) is 37.1. The molecule has 17 nitrogen and oxygen atoms in total. The van der Waals surface area contributed by atoms with Crippen LogP contribution in [0.15, 0.2) is 116 Å². The summed E-state index contributed by atoms with van der Waals surface area (Å²) in [6.07, 6.45) is 3.20. The van der Waals surface area contributed by atoms with Crippen molar-refractivity contribution in [3.8, 4) is 11.5 Å². The number of aryl methyl sites for hydroxylation is 1. The van der Waals surface area contributed by atoms with Crippen molar-refractivity contribution in [3.63, 3.8) is 0 Å². The number of rotatable bonds is 21. The van der Waals surface area contributed by atoms with Crippen LogP contribution in [0.2, 0.25) is 0 Å². The predicted molar refractivity (Wildman–Crippen MR) is 251 cm³/mol. The number of halogens is 1. The lowest BCUT2D eigenvalue weighted by Gasteiger charge is -2.16. The van der Waals surface area contributed by atoms with Crippen LogP contribution in [0.5, 0.6) is 11.5 Å². The summed E-state index contributed by atoms with van der Waals surface area (Å²) in [5.41, 5.74) is 8.06. The van der Waals surface area contributed by atoms with Gasteiger partial charge in [-0.15, -0.1) is 0 Å². The molecule has 342 valence electrons. The Hall–Kier alpha value is -7.63. The maximum absolute atomic E-state index is 13.4. The number of amidine groups is 1. The molecule has 0 radical (unpaired) electrons. The molecule has 0 saturated heterocycles. The first-order valence-electron chi connectivity index (χ1n) is 21.1. The quantitative estimate of drug-likeness (QED) is 0.0364. The number of nitrogens with one attached hydrogen (secondary N) is 4. The summed E-state index contributed by atoms with van der Waals surface area (Å²) in [6, 6.07) is 28.1. The zero-order chi connectivity index (χ0) is 46.9. The van der Waals surface area contributed by atoms with Gasteiger partial charge in [0, 0.05) is 25.2 Å². The Bertz CT molecular complexity index is 2770. The van der Waals surface area contributed by atoms with Crippen molar-refractivity contribution in [1.29, 1.82) is 10.8 Å². The van der Waals surface area contributed by atoms with Gasteiger partial charge in [0.25, 0.3) is 0 Å². The molecular formula is C47H56FN11O6. The number of aromatic nitrogens is 6. The number of anilines is 2. The number of methoxy groups -OCH3 is 2. The minimum absolute atomic E-state index is 0.0131.